The quantitative estimate of drug-likeness (QED) is 0.684. The van der Waals surface area contributed by atoms with Crippen molar-refractivity contribution in [2.75, 3.05) is 35.7 Å². The fraction of sp³-hybridized carbons (Fsp3) is 0.375. The minimum Gasteiger partial charge on any atom is -0.374 e. The van der Waals surface area contributed by atoms with Crippen LogP contribution < -0.4 is 15.5 Å². The Labute approximate surface area is 183 Å². The van der Waals surface area contributed by atoms with Crippen molar-refractivity contribution in [3.05, 3.63) is 54.1 Å². The number of para-hydroxylation sites is 1. The topological polar surface area (TPSA) is 81.8 Å². The van der Waals surface area contributed by atoms with Crippen molar-refractivity contribution in [3.8, 4) is 0 Å². The summed E-state index contributed by atoms with van der Waals surface area (Å²) < 4.78 is 0. The van der Waals surface area contributed by atoms with Gasteiger partial charge in [-0.2, -0.15) is 0 Å². The summed E-state index contributed by atoms with van der Waals surface area (Å²) in [6, 6.07) is 14.6. The van der Waals surface area contributed by atoms with E-state index in [4.69, 9.17) is 0 Å². The lowest BCUT2D eigenvalue weighted by Crippen LogP contribution is -2.42. The number of aryl methyl sites for hydroxylation is 1. The van der Waals surface area contributed by atoms with Crippen LogP contribution >= 0.6 is 0 Å². The zero-order valence-corrected chi connectivity index (χ0v) is 18.4. The first-order chi connectivity index (χ1) is 14.9. The van der Waals surface area contributed by atoms with Crippen LogP contribution in [0.1, 0.15) is 32.3 Å². The average Bonchev–Trinajstić information content (AvgIpc) is 3.19. The molecule has 7 nitrogen and oxygen atoms in total. The Morgan fingerprint density at radius 1 is 1.16 bits per heavy atom. The summed E-state index contributed by atoms with van der Waals surface area (Å²) >= 11 is 0. The Bertz CT molecular complexity index is 959. The Morgan fingerprint density at radius 3 is 2.65 bits per heavy atom. The van der Waals surface area contributed by atoms with E-state index < -0.39 is 6.04 Å². The molecular formula is C24H30N4O3. The minimum absolute atomic E-state index is 0.0365. The maximum atomic E-state index is 12.8. The summed E-state index contributed by atoms with van der Waals surface area (Å²) in [6.45, 7) is 4.47. The van der Waals surface area contributed by atoms with Crippen LogP contribution in [-0.2, 0) is 20.8 Å². The van der Waals surface area contributed by atoms with Crippen molar-refractivity contribution in [1.29, 1.82) is 0 Å². The number of likely N-dealkylation sites (N-methyl/N-ethyl adjacent to an activating group) is 1. The molecule has 1 unspecified atom stereocenters. The van der Waals surface area contributed by atoms with E-state index in [1.165, 1.54) is 4.90 Å². The van der Waals surface area contributed by atoms with Crippen LogP contribution in [-0.4, -0.2) is 48.8 Å². The highest BCUT2D eigenvalue weighted by molar-refractivity contribution is 5.97. The molecule has 1 aliphatic heterocycles. The standard InChI is InChI=1S/C24H30N4O3/c1-4-18-9-5-6-12-21(18)26-22(29)16-27(3)24(31)17(2)25-19-10-7-11-20(15-19)28-14-8-13-23(28)30/h5-7,9-12,15,17,25H,4,8,13-14,16H2,1-3H3,(H,26,29). The number of benzene rings is 2. The first-order valence-electron chi connectivity index (χ1n) is 10.7. The van der Waals surface area contributed by atoms with E-state index in [1.807, 2.05) is 55.5 Å². The largest absolute Gasteiger partial charge is 0.374 e. The van der Waals surface area contributed by atoms with Crippen LogP contribution in [0.5, 0.6) is 0 Å². The number of anilines is 3. The highest BCUT2D eigenvalue weighted by atomic mass is 16.2. The van der Waals surface area contributed by atoms with Crippen LogP contribution in [0, 0.1) is 0 Å². The fourth-order valence-electron chi connectivity index (χ4n) is 3.76. The number of rotatable bonds is 8. The van der Waals surface area contributed by atoms with E-state index in [0.717, 1.165) is 42.0 Å². The van der Waals surface area contributed by atoms with E-state index in [1.54, 1.807) is 18.9 Å². The second-order valence-corrected chi connectivity index (χ2v) is 7.82. The summed E-state index contributed by atoms with van der Waals surface area (Å²) in [5, 5.41) is 6.07. The maximum absolute atomic E-state index is 12.8. The summed E-state index contributed by atoms with van der Waals surface area (Å²) in [5.41, 5.74) is 3.41. The zero-order valence-electron chi connectivity index (χ0n) is 18.4. The third-order valence-corrected chi connectivity index (χ3v) is 5.41. The monoisotopic (exact) mass is 422 g/mol. The molecule has 164 valence electrons. The lowest BCUT2D eigenvalue weighted by Gasteiger charge is -2.23. The molecule has 2 aromatic rings. The molecular weight excluding hydrogens is 392 g/mol. The van der Waals surface area contributed by atoms with E-state index in [2.05, 4.69) is 10.6 Å². The molecule has 1 saturated heterocycles. The Morgan fingerprint density at radius 2 is 1.94 bits per heavy atom. The lowest BCUT2D eigenvalue weighted by molar-refractivity contribution is -0.133. The van der Waals surface area contributed by atoms with E-state index in [9.17, 15) is 14.4 Å². The van der Waals surface area contributed by atoms with Gasteiger partial charge in [-0.05, 0) is 49.6 Å². The molecule has 31 heavy (non-hydrogen) atoms. The number of carbonyl (C=O) groups is 3. The van der Waals surface area contributed by atoms with Gasteiger partial charge in [0.15, 0.2) is 0 Å². The first kappa shape index (κ1) is 22.3. The van der Waals surface area contributed by atoms with Crippen molar-refractivity contribution in [2.24, 2.45) is 0 Å². The highest BCUT2D eigenvalue weighted by Crippen LogP contribution is 2.24. The number of carbonyl (C=O) groups excluding carboxylic acids is 3. The van der Waals surface area contributed by atoms with Crippen molar-refractivity contribution in [1.82, 2.24) is 4.90 Å². The predicted molar refractivity (Wildman–Crippen MR) is 123 cm³/mol. The van der Waals surface area contributed by atoms with Gasteiger partial charge in [0, 0.05) is 37.1 Å². The molecule has 7 heteroatoms. The molecule has 1 heterocycles. The van der Waals surface area contributed by atoms with E-state index in [0.29, 0.717) is 6.42 Å². The highest BCUT2D eigenvalue weighted by Gasteiger charge is 2.23. The average molecular weight is 423 g/mol. The van der Waals surface area contributed by atoms with E-state index in [-0.39, 0.29) is 24.3 Å². The van der Waals surface area contributed by atoms with Crippen molar-refractivity contribution < 1.29 is 14.4 Å². The Hall–Kier alpha value is -3.35. The molecule has 0 aromatic heterocycles. The van der Waals surface area contributed by atoms with Crippen LogP contribution in [0.25, 0.3) is 0 Å². The van der Waals surface area contributed by atoms with Gasteiger partial charge in [0.2, 0.25) is 17.7 Å². The van der Waals surface area contributed by atoms with Gasteiger partial charge < -0.3 is 20.4 Å². The van der Waals surface area contributed by atoms with Crippen LogP contribution in [0.2, 0.25) is 0 Å². The molecule has 0 radical (unpaired) electrons. The Balaban J connectivity index is 1.57. The van der Waals surface area contributed by atoms with Crippen LogP contribution in [0.3, 0.4) is 0 Å². The normalized spacial score (nSPS) is 14.3. The number of nitrogens with zero attached hydrogens (tertiary/aromatic N) is 2. The van der Waals surface area contributed by atoms with Crippen molar-refractivity contribution in [3.63, 3.8) is 0 Å². The first-order valence-corrected chi connectivity index (χ1v) is 10.7. The number of nitrogens with one attached hydrogen (secondary N) is 2. The van der Waals surface area contributed by atoms with Gasteiger partial charge in [0.1, 0.15) is 6.04 Å². The molecule has 1 aliphatic rings. The van der Waals surface area contributed by atoms with Crippen molar-refractivity contribution >= 4 is 34.8 Å². The van der Waals surface area contributed by atoms with Gasteiger partial charge >= 0.3 is 0 Å². The molecule has 0 spiro atoms. The van der Waals surface area contributed by atoms with Crippen LogP contribution in [0.15, 0.2) is 48.5 Å². The second kappa shape index (κ2) is 10.1. The molecule has 0 bridgehead atoms. The van der Waals surface area contributed by atoms with Gasteiger partial charge in [-0.15, -0.1) is 0 Å². The number of hydrogen-bond donors (Lipinski definition) is 2. The number of hydrogen-bond acceptors (Lipinski definition) is 4. The molecule has 3 amide bonds. The fourth-order valence-corrected chi connectivity index (χ4v) is 3.76. The smallest absolute Gasteiger partial charge is 0.244 e. The lowest BCUT2D eigenvalue weighted by atomic mass is 10.1. The van der Waals surface area contributed by atoms with E-state index >= 15 is 0 Å². The predicted octanol–water partition coefficient (Wildman–Crippen LogP) is 3.27. The van der Waals surface area contributed by atoms with Gasteiger partial charge in [-0.1, -0.05) is 31.2 Å². The Kier molecular flexibility index (Phi) is 7.28. The third kappa shape index (κ3) is 5.63. The molecule has 2 aromatic carbocycles. The van der Waals surface area contributed by atoms with Gasteiger partial charge in [0.05, 0.1) is 6.54 Å². The second-order valence-electron chi connectivity index (χ2n) is 7.82. The minimum atomic E-state index is -0.523. The summed E-state index contributed by atoms with van der Waals surface area (Å²) in [5.74, 6) is -0.309. The molecule has 0 saturated carbocycles. The molecule has 1 atom stereocenters. The number of amides is 3. The SMILES string of the molecule is CCc1ccccc1NC(=O)CN(C)C(=O)C(C)Nc1cccc(N2CCCC2=O)c1. The van der Waals surface area contributed by atoms with Gasteiger partial charge in [-0.25, -0.2) is 0 Å². The summed E-state index contributed by atoms with van der Waals surface area (Å²) in [6.07, 6.45) is 2.25. The van der Waals surface area contributed by atoms with Gasteiger partial charge in [-0.3, -0.25) is 14.4 Å². The molecule has 0 aliphatic carbocycles. The maximum Gasteiger partial charge on any atom is 0.244 e. The van der Waals surface area contributed by atoms with Gasteiger partial charge in [0.25, 0.3) is 0 Å². The summed E-state index contributed by atoms with van der Waals surface area (Å²) in [4.78, 5) is 40.4. The summed E-state index contributed by atoms with van der Waals surface area (Å²) in [7, 11) is 1.62. The van der Waals surface area contributed by atoms with Crippen molar-refractivity contribution in [2.45, 2.75) is 39.2 Å². The third-order valence-electron chi connectivity index (χ3n) is 5.41. The van der Waals surface area contributed by atoms with Crippen LogP contribution in [0.4, 0.5) is 17.1 Å². The zero-order chi connectivity index (χ0) is 22.4. The molecule has 3 rings (SSSR count). The molecule has 2 N–H and O–H groups in total. The molecule has 1 fully saturated rings.